The number of piperazine rings is 1. The number of hydrogen-bond donors (Lipinski definition) is 0. The van der Waals surface area contributed by atoms with Crippen LogP contribution in [0.3, 0.4) is 0 Å². The quantitative estimate of drug-likeness (QED) is 0.864. The highest BCUT2D eigenvalue weighted by molar-refractivity contribution is 5.48. The minimum atomic E-state index is 0.846. The minimum absolute atomic E-state index is 0.846. The molecule has 3 rings (SSSR count). The van der Waals surface area contributed by atoms with Crippen LogP contribution in [0.15, 0.2) is 10.6 Å². The fourth-order valence-electron chi connectivity index (χ4n) is 2.90. The summed E-state index contributed by atoms with van der Waals surface area (Å²) >= 11 is 0. The van der Waals surface area contributed by atoms with Crippen molar-refractivity contribution in [2.75, 3.05) is 31.1 Å². The van der Waals surface area contributed by atoms with Crippen molar-refractivity contribution >= 4 is 5.82 Å². The van der Waals surface area contributed by atoms with Crippen LogP contribution in [-0.4, -0.2) is 46.2 Å². The molecule has 118 valence electrons. The number of anilines is 1. The van der Waals surface area contributed by atoms with Gasteiger partial charge in [0, 0.05) is 50.0 Å². The van der Waals surface area contributed by atoms with Gasteiger partial charge in [-0.15, -0.1) is 0 Å². The van der Waals surface area contributed by atoms with Gasteiger partial charge in [0.05, 0.1) is 5.69 Å². The molecule has 3 heterocycles. The van der Waals surface area contributed by atoms with E-state index in [4.69, 9.17) is 4.52 Å². The van der Waals surface area contributed by atoms with E-state index < -0.39 is 0 Å². The van der Waals surface area contributed by atoms with Gasteiger partial charge in [-0.3, -0.25) is 4.90 Å². The van der Waals surface area contributed by atoms with E-state index in [1.54, 1.807) is 0 Å². The fourth-order valence-corrected chi connectivity index (χ4v) is 2.90. The Morgan fingerprint density at radius 1 is 1.05 bits per heavy atom. The molecule has 0 spiro atoms. The monoisotopic (exact) mass is 301 g/mol. The Hall–Kier alpha value is -1.95. The summed E-state index contributed by atoms with van der Waals surface area (Å²) in [7, 11) is 0. The molecule has 0 aliphatic carbocycles. The van der Waals surface area contributed by atoms with Crippen molar-refractivity contribution in [1.82, 2.24) is 20.0 Å². The van der Waals surface area contributed by atoms with Crippen molar-refractivity contribution < 1.29 is 4.52 Å². The SMILES string of the molecule is Cc1nc(C)c(C)c(N2CCN(Cc3cc(C)on3)CC2)n1. The predicted octanol–water partition coefficient (Wildman–Crippen LogP) is 2.02. The highest BCUT2D eigenvalue weighted by atomic mass is 16.5. The maximum atomic E-state index is 5.13. The van der Waals surface area contributed by atoms with Gasteiger partial charge in [-0.2, -0.15) is 0 Å². The first-order chi connectivity index (χ1) is 10.5. The number of hydrogen-bond acceptors (Lipinski definition) is 6. The Morgan fingerprint density at radius 2 is 1.77 bits per heavy atom. The summed E-state index contributed by atoms with van der Waals surface area (Å²) in [5, 5.41) is 4.07. The van der Waals surface area contributed by atoms with E-state index >= 15 is 0 Å². The molecule has 1 saturated heterocycles. The zero-order valence-corrected chi connectivity index (χ0v) is 13.8. The largest absolute Gasteiger partial charge is 0.361 e. The lowest BCUT2D eigenvalue weighted by Gasteiger charge is -2.35. The highest BCUT2D eigenvalue weighted by Crippen LogP contribution is 2.21. The van der Waals surface area contributed by atoms with Gasteiger partial charge in [-0.25, -0.2) is 9.97 Å². The fraction of sp³-hybridized carbons (Fsp3) is 0.562. The van der Waals surface area contributed by atoms with Crippen LogP contribution in [0.2, 0.25) is 0 Å². The third-order valence-corrected chi connectivity index (χ3v) is 4.21. The number of rotatable bonds is 3. The Kier molecular flexibility index (Phi) is 4.11. The standard InChI is InChI=1S/C16H23N5O/c1-11-9-15(19-22-11)10-20-5-7-21(8-6-20)16-12(2)13(3)17-14(4)18-16/h9H,5-8,10H2,1-4H3. The zero-order valence-electron chi connectivity index (χ0n) is 13.8. The molecule has 0 atom stereocenters. The van der Waals surface area contributed by atoms with Crippen LogP contribution in [0, 0.1) is 27.7 Å². The lowest BCUT2D eigenvalue weighted by molar-refractivity contribution is 0.241. The molecule has 0 N–H and O–H groups in total. The van der Waals surface area contributed by atoms with E-state index in [-0.39, 0.29) is 0 Å². The molecule has 6 heteroatoms. The summed E-state index contributed by atoms with van der Waals surface area (Å²) in [5.41, 5.74) is 3.27. The maximum absolute atomic E-state index is 5.13. The van der Waals surface area contributed by atoms with Crippen molar-refractivity contribution in [2.24, 2.45) is 0 Å². The molecule has 0 bridgehead atoms. The first kappa shape index (κ1) is 15.0. The third-order valence-electron chi connectivity index (χ3n) is 4.21. The van der Waals surface area contributed by atoms with Crippen LogP contribution < -0.4 is 4.90 Å². The molecule has 0 aromatic carbocycles. The van der Waals surface area contributed by atoms with Crippen molar-refractivity contribution in [1.29, 1.82) is 0 Å². The Morgan fingerprint density at radius 3 is 2.41 bits per heavy atom. The summed E-state index contributed by atoms with van der Waals surface area (Å²) in [6.07, 6.45) is 0. The minimum Gasteiger partial charge on any atom is -0.361 e. The molecular formula is C16H23N5O. The van der Waals surface area contributed by atoms with Crippen molar-refractivity contribution in [3.63, 3.8) is 0 Å². The van der Waals surface area contributed by atoms with Crippen LogP contribution >= 0.6 is 0 Å². The van der Waals surface area contributed by atoms with Gasteiger partial charge in [0.15, 0.2) is 0 Å². The van der Waals surface area contributed by atoms with Crippen molar-refractivity contribution in [3.8, 4) is 0 Å². The van der Waals surface area contributed by atoms with Gasteiger partial charge < -0.3 is 9.42 Å². The summed E-state index contributed by atoms with van der Waals surface area (Å²) < 4.78 is 5.13. The van der Waals surface area contributed by atoms with Crippen molar-refractivity contribution in [2.45, 2.75) is 34.2 Å². The van der Waals surface area contributed by atoms with Crippen LogP contribution in [0.4, 0.5) is 5.82 Å². The lowest BCUT2D eigenvalue weighted by Crippen LogP contribution is -2.46. The molecular weight excluding hydrogens is 278 g/mol. The average Bonchev–Trinajstić information content (AvgIpc) is 2.89. The lowest BCUT2D eigenvalue weighted by atomic mass is 10.2. The number of aryl methyl sites for hydroxylation is 3. The van der Waals surface area contributed by atoms with Crippen molar-refractivity contribution in [3.05, 3.63) is 34.6 Å². The molecule has 0 radical (unpaired) electrons. The van der Waals surface area contributed by atoms with E-state index in [2.05, 4.69) is 38.8 Å². The molecule has 0 saturated carbocycles. The molecule has 2 aromatic heterocycles. The predicted molar refractivity (Wildman–Crippen MR) is 85.0 cm³/mol. The molecule has 2 aromatic rings. The van der Waals surface area contributed by atoms with E-state index in [9.17, 15) is 0 Å². The molecule has 1 aliphatic rings. The average molecular weight is 301 g/mol. The van der Waals surface area contributed by atoms with Gasteiger partial charge in [0.2, 0.25) is 0 Å². The van der Waals surface area contributed by atoms with Crippen LogP contribution in [-0.2, 0) is 6.54 Å². The molecule has 0 amide bonds. The second kappa shape index (κ2) is 6.04. The molecule has 22 heavy (non-hydrogen) atoms. The van der Waals surface area contributed by atoms with E-state index in [0.29, 0.717) is 0 Å². The number of aromatic nitrogens is 3. The molecule has 6 nitrogen and oxygen atoms in total. The van der Waals surface area contributed by atoms with Gasteiger partial charge >= 0.3 is 0 Å². The van der Waals surface area contributed by atoms with Gasteiger partial charge in [0.25, 0.3) is 0 Å². The Labute approximate surface area is 131 Å². The topological polar surface area (TPSA) is 58.3 Å². The highest BCUT2D eigenvalue weighted by Gasteiger charge is 2.21. The normalized spacial score (nSPS) is 16.3. The Bertz CT molecular complexity index is 659. The second-order valence-corrected chi connectivity index (χ2v) is 6.00. The molecule has 1 aliphatic heterocycles. The Balaban J connectivity index is 1.64. The first-order valence-corrected chi connectivity index (χ1v) is 7.74. The van der Waals surface area contributed by atoms with Gasteiger partial charge in [0.1, 0.15) is 17.4 Å². The van der Waals surface area contributed by atoms with Gasteiger partial charge in [-0.05, 0) is 27.7 Å². The molecule has 1 fully saturated rings. The van der Waals surface area contributed by atoms with Crippen LogP contribution in [0.25, 0.3) is 0 Å². The van der Waals surface area contributed by atoms with Gasteiger partial charge in [-0.1, -0.05) is 5.16 Å². The summed E-state index contributed by atoms with van der Waals surface area (Å²) in [5.74, 6) is 2.80. The summed E-state index contributed by atoms with van der Waals surface area (Å²) in [4.78, 5) is 13.8. The third kappa shape index (κ3) is 3.11. The smallest absolute Gasteiger partial charge is 0.135 e. The molecule has 0 unspecified atom stereocenters. The number of nitrogens with zero attached hydrogens (tertiary/aromatic N) is 5. The van der Waals surface area contributed by atoms with Crippen LogP contribution in [0.1, 0.15) is 28.5 Å². The summed E-state index contributed by atoms with van der Waals surface area (Å²) in [6, 6.07) is 2.01. The zero-order chi connectivity index (χ0) is 15.7. The van der Waals surface area contributed by atoms with E-state index in [1.807, 2.05) is 19.9 Å². The summed E-state index contributed by atoms with van der Waals surface area (Å²) in [6.45, 7) is 12.9. The maximum Gasteiger partial charge on any atom is 0.135 e. The van der Waals surface area contributed by atoms with E-state index in [1.165, 1.54) is 5.56 Å². The first-order valence-electron chi connectivity index (χ1n) is 7.74. The second-order valence-electron chi connectivity index (χ2n) is 6.00. The van der Waals surface area contributed by atoms with Crippen LogP contribution in [0.5, 0.6) is 0 Å². The van der Waals surface area contributed by atoms with E-state index in [0.717, 1.165) is 61.5 Å².